The number of aromatic amines is 1. The molecule has 3 N–H and O–H groups in total. The highest BCUT2D eigenvalue weighted by Crippen LogP contribution is 2.37. The number of ketones is 1. The number of H-pyrrole nitrogens is 1. The van der Waals surface area contributed by atoms with Crippen molar-refractivity contribution < 1.29 is 27.1 Å². The third-order valence-electron chi connectivity index (χ3n) is 7.04. The zero-order chi connectivity index (χ0) is 28.9. The van der Waals surface area contributed by atoms with E-state index in [1.54, 1.807) is 48.5 Å². The first kappa shape index (κ1) is 26.4. The minimum Gasteiger partial charge on any atom is -0.495 e. The standard InChI is InChI=1S/C29H26FN5O5S/c1-17-12-19(40-26-7-4-3-6-21(26)30)8-9-24(17)35-29(31)20(16-32-35)28(36)23-13-18-14-27(39-2)25(15-22(18)33-23)34-10-5-11-41(34,37)38/h3-4,6-9,12-16,33H,5,10-11,31H2,1-2H3. The van der Waals surface area contributed by atoms with Gasteiger partial charge in [-0.1, -0.05) is 12.1 Å². The van der Waals surface area contributed by atoms with Crippen molar-refractivity contribution in [1.82, 2.24) is 14.8 Å². The summed E-state index contributed by atoms with van der Waals surface area (Å²) in [6.07, 6.45) is 1.93. The highest BCUT2D eigenvalue weighted by Gasteiger charge is 2.31. The van der Waals surface area contributed by atoms with Crippen molar-refractivity contribution in [2.45, 2.75) is 13.3 Å². The Morgan fingerprint density at radius 2 is 1.88 bits per heavy atom. The predicted molar refractivity (Wildman–Crippen MR) is 153 cm³/mol. The van der Waals surface area contributed by atoms with Gasteiger partial charge in [0.15, 0.2) is 11.6 Å². The first-order chi connectivity index (χ1) is 19.7. The van der Waals surface area contributed by atoms with E-state index in [4.69, 9.17) is 15.2 Å². The van der Waals surface area contributed by atoms with E-state index >= 15 is 0 Å². The molecule has 0 spiro atoms. The summed E-state index contributed by atoms with van der Waals surface area (Å²) in [7, 11) is -1.95. The van der Waals surface area contributed by atoms with E-state index in [2.05, 4.69) is 10.1 Å². The summed E-state index contributed by atoms with van der Waals surface area (Å²) in [4.78, 5) is 16.6. The number of nitrogens with zero attached hydrogens (tertiary/aromatic N) is 3. The number of nitrogen functional groups attached to an aromatic ring is 1. The molecule has 12 heteroatoms. The molecule has 0 unspecified atom stereocenters. The Morgan fingerprint density at radius 1 is 1.07 bits per heavy atom. The molecule has 1 aliphatic rings. The second-order valence-corrected chi connectivity index (χ2v) is 11.7. The molecule has 3 heterocycles. The number of halogens is 1. The van der Waals surface area contributed by atoms with Gasteiger partial charge in [-0.25, -0.2) is 17.5 Å². The quantitative estimate of drug-likeness (QED) is 0.262. The van der Waals surface area contributed by atoms with E-state index < -0.39 is 15.8 Å². The van der Waals surface area contributed by atoms with Crippen LogP contribution >= 0.6 is 0 Å². The van der Waals surface area contributed by atoms with Crippen LogP contribution in [-0.2, 0) is 10.0 Å². The summed E-state index contributed by atoms with van der Waals surface area (Å²) in [6, 6.07) is 16.3. The van der Waals surface area contributed by atoms with Crippen LogP contribution in [0.25, 0.3) is 16.6 Å². The summed E-state index contributed by atoms with van der Waals surface area (Å²) in [5.74, 6) is 0.307. The van der Waals surface area contributed by atoms with Gasteiger partial charge in [-0.3, -0.25) is 9.10 Å². The summed E-state index contributed by atoms with van der Waals surface area (Å²) >= 11 is 0. The predicted octanol–water partition coefficient (Wildman–Crippen LogP) is 4.96. The molecule has 0 atom stereocenters. The molecule has 210 valence electrons. The molecule has 0 radical (unpaired) electrons. The number of benzene rings is 3. The Labute approximate surface area is 235 Å². The third kappa shape index (κ3) is 4.65. The first-order valence-electron chi connectivity index (χ1n) is 12.8. The molecule has 2 aromatic heterocycles. The minimum absolute atomic E-state index is 0.0761. The Morgan fingerprint density at radius 3 is 2.59 bits per heavy atom. The van der Waals surface area contributed by atoms with E-state index in [-0.39, 0.29) is 34.4 Å². The van der Waals surface area contributed by atoms with Crippen LogP contribution in [0.15, 0.2) is 66.9 Å². The van der Waals surface area contributed by atoms with Gasteiger partial charge < -0.3 is 20.2 Å². The number of rotatable bonds is 7. The zero-order valence-electron chi connectivity index (χ0n) is 22.2. The van der Waals surface area contributed by atoms with Crippen molar-refractivity contribution in [3.63, 3.8) is 0 Å². The number of ether oxygens (including phenoxy) is 2. The molecule has 6 rings (SSSR count). The van der Waals surface area contributed by atoms with Crippen molar-refractivity contribution >= 4 is 38.2 Å². The lowest BCUT2D eigenvalue weighted by atomic mass is 10.1. The van der Waals surface area contributed by atoms with Crippen molar-refractivity contribution in [1.29, 1.82) is 0 Å². The summed E-state index contributed by atoms with van der Waals surface area (Å²) in [5.41, 5.74) is 9.22. The van der Waals surface area contributed by atoms with Crippen LogP contribution in [0.5, 0.6) is 17.2 Å². The first-order valence-corrected chi connectivity index (χ1v) is 14.4. The topological polar surface area (TPSA) is 133 Å². The highest BCUT2D eigenvalue weighted by atomic mass is 32.2. The minimum atomic E-state index is -3.43. The van der Waals surface area contributed by atoms with Crippen LogP contribution in [0.2, 0.25) is 0 Å². The highest BCUT2D eigenvalue weighted by molar-refractivity contribution is 7.93. The maximum atomic E-state index is 14.0. The fourth-order valence-electron chi connectivity index (χ4n) is 4.99. The Kier molecular flexibility index (Phi) is 6.41. The molecule has 0 aliphatic carbocycles. The molecular weight excluding hydrogens is 549 g/mol. The summed E-state index contributed by atoms with van der Waals surface area (Å²) in [5, 5.41) is 5.03. The Bertz CT molecular complexity index is 1930. The third-order valence-corrected chi connectivity index (χ3v) is 8.90. The Hall–Kier alpha value is -4.84. The van der Waals surface area contributed by atoms with Gasteiger partial charge >= 0.3 is 0 Å². The van der Waals surface area contributed by atoms with Gasteiger partial charge in [-0.05, 0) is 67.4 Å². The Balaban J connectivity index is 1.30. The van der Waals surface area contributed by atoms with E-state index in [0.717, 1.165) is 5.56 Å². The maximum Gasteiger partial charge on any atom is 0.235 e. The van der Waals surface area contributed by atoms with Gasteiger partial charge in [0.2, 0.25) is 15.8 Å². The van der Waals surface area contributed by atoms with Crippen LogP contribution in [0.3, 0.4) is 0 Å². The average molecular weight is 576 g/mol. The molecule has 5 aromatic rings. The second-order valence-electron chi connectivity index (χ2n) is 9.70. The van der Waals surface area contributed by atoms with E-state index in [0.29, 0.717) is 46.7 Å². The lowest BCUT2D eigenvalue weighted by molar-refractivity contribution is 0.103. The van der Waals surface area contributed by atoms with Crippen LogP contribution in [-0.4, -0.2) is 48.4 Å². The molecule has 1 fully saturated rings. The number of fused-ring (bicyclic) bond motifs is 1. The molecule has 1 saturated heterocycles. The number of nitrogens with two attached hydrogens (primary N) is 1. The van der Waals surface area contributed by atoms with E-state index in [1.807, 2.05) is 6.92 Å². The van der Waals surface area contributed by atoms with Crippen LogP contribution in [0.1, 0.15) is 28.0 Å². The molecule has 0 amide bonds. The van der Waals surface area contributed by atoms with Crippen LogP contribution in [0.4, 0.5) is 15.9 Å². The van der Waals surface area contributed by atoms with E-state index in [1.165, 1.54) is 34.4 Å². The van der Waals surface area contributed by atoms with Crippen molar-refractivity contribution in [3.05, 3.63) is 89.5 Å². The number of carbonyl (C=O) groups excluding carboxylic acids is 1. The normalized spacial score (nSPS) is 14.5. The van der Waals surface area contributed by atoms with Gasteiger partial charge in [0, 0.05) is 17.4 Å². The number of sulfonamides is 1. The van der Waals surface area contributed by atoms with Gasteiger partial charge in [0.25, 0.3) is 0 Å². The number of nitrogens with one attached hydrogen (secondary N) is 1. The summed E-state index contributed by atoms with van der Waals surface area (Å²) < 4.78 is 53.0. The molecule has 3 aromatic carbocycles. The lowest BCUT2D eigenvalue weighted by Crippen LogP contribution is -2.25. The molecule has 41 heavy (non-hydrogen) atoms. The zero-order valence-corrected chi connectivity index (χ0v) is 23.0. The van der Waals surface area contributed by atoms with E-state index in [9.17, 15) is 17.6 Å². The molecule has 10 nitrogen and oxygen atoms in total. The van der Waals surface area contributed by atoms with Crippen molar-refractivity contribution in [2.24, 2.45) is 0 Å². The lowest BCUT2D eigenvalue weighted by Gasteiger charge is -2.19. The molecular formula is C29H26FN5O5S. The fourth-order valence-corrected chi connectivity index (χ4v) is 6.56. The summed E-state index contributed by atoms with van der Waals surface area (Å²) in [6.45, 7) is 2.19. The molecule has 0 saturated carbocycles. The molecule has 1 aliphatic heterocycles. The van der Waals surface area contributed by atoms with Gasteiger partial charge in [0.05, 0.1) is 41.7 Å². The average Bonchev–Trinajstić information content (AvgIpc) is 3.64. The SMILES string of the molecule is COc1cc2cc(C(=O)c3cnn(-c4ccc(Oc5ccccc5F)cc4C)c3N)[nH]c2cc1N1CCCS1(=O)=O. The van der Waals surface area contributed by atoms with Crippen LogP contribution in [0, 0.1) is 12.7 Å². The largest absolute Gasteiger partial charge is 0.495 e. The molecule has 0 bridgehead atoms. The van der Waals surface area contributed by atoms with Crippen molar-refractivity contribution in [2.75, 3.05) is 29.4 Å². The van der Waals surface area contributed by atoms with Gasteiger partial charge in [0.1, 0.15) is 17.3 Å². The second kappa shape index (κ2) is 9.97. The number of methoxy groups -OCH3 is 1. The monoisotopic (exact) mass is 575 g/mol. The number of para-hydroxylation sites is 1. The van der Waals surface area contributed by atoms with Crippen molar-refractivity contribution in [3.8, 4) is 22.9 Å². The fraction of sp³-hybridized carbons (Fsp3) is 0.172. The number of aryl methyl sites for hydroxylation is 1. The number of aromatic nitrogens is 3. The number of hydrogen-bond acceptors (Lipinski definition) is 7. The number of carbonyl (C=O) groups is 1. The van der Waals surface area contributed by atoms with Crippen LogP contribution < -0.4 is 19.5 Å². The smallest absolute Gasteiger partial charge is 0.235 e. The number of hydrogen-bond donors (Lipinski definition) is 2. The maximum absolute atomic E-state index is 14.0. The van der Waals surface area contributed by atoms with Gasteiger partial charge in [-0.2, -0.15) is 5.10 Å². The van der Waals surface area contributed by atoms with Gasteiger partial charge in [-0.15, -0.1) is 0 Å². The number of anilines is 2.